The lowest BCUT2D eigenvalue weighted by atomic mass is 9.80. The van der Waals surface area contributed by atoms with Crippen LogP contribution in [0.15, 0.2) is 212 Å². The highest BCUT2D eigenvalue weighted by molar-refractivity contribution is 7.74. The molecule has 138 heavy (non-hydrogen) atoms. The normalized spacial score (nSPS) is 17.3. The summed E-state index contributed by atoms with van der Waals surface area (Å²) in [5, 5.41) is 41.6. The van der Waals surface area contributed by atoms with Crippen LogP contribution in [0.2, 0.25) is 0 Å². The molecule has 22 nitrogen and oxygen atoms in total. The molecule has 10 aromatic carbocycles. The van der Waals surface area contributed by atoms with Crippen molar-refractivity contribution in [2.45, 2.75) is 154 Å². The van der Waals surface area contributed by atoms with E-state index in [1.165, 1.54) is 111 Å². The lowest BCUT2D eigenvalue weighted by Gasteiger charge is -2.35. The minimum atomic E-state index is -2.83. The Morgan fingerprint density at radius 3 is 0.797 bits per heavy atom. The highest BCUT2D eigenvalue weighted by Crippen LogP contribution is 2.47. The molecule has 748 valence electrons. The van der Waals surface area contributed by atoms with E-state index >= 15 is 0 Å². The Labute approximate surface area is 816 Å². The number of rotatable bonds is 36. The molecule has 7 atom stereocenters. The van der Waals surface area contributed by atoms with Crippen molar-refractivity contribution in [2.24, 2.45) is 29.6 Å². The van der Waals surface area contributed by atoms with Gasteiger partial charge in [-0.25, -0.2) is 30.4 Å². The zero-order valence-electron chi connectivity index (χ0n) is 80.7. The number of benzene rings is 10. The quantitative estimate of drug-likeness (QED) is 0.0123. The predicted molar refractivity (Wildman–Crippen MR) is 526 cm³/mol. The van der Waals surface area contributed by atoms with E-state index in [0.717, 1.165) is 215 Å². The van der Waals surface area contributed by atoms with E-state index in [-0.39, 0.29) is 75.6 Å². The Morgan fingerprint density at radius 1 is 0.312 bits per heavy atom. The van der Waals surface area contributed by atoms with Crippen LogP contribution in [0.1, 0.15) is 176 Å². The van der Waals surface area contributed by atoms with Gasteiger partial charge in [0.15, 0.2) is 34.5 Å². The second kappa shape index (κ2) is 55.8. The number of piperidine rings is 5. The summed E-state index contributed by atoms with van der Waals surface area (Å²) in [6, 6.07) is 61.1. The first-order valence-corrected chi connectivity index (χ1v) is 50.0. The Bertz CT molecular complexity index is 4900. The van der Waals surface area contributed by atoms with Crippen molar-refractivity contribution < 1.29 is 102 Å². The van der Waals surface area contributed by atoms with Crippen LogP contribution in [0.25, 0.3) is 0 Å². The fourth-order valence-electron chi connectivity index (χ4n) is 19.8. The second-order valence-corrected chi connectivity index (χ2v) is 37.6. The van der Waals surface area contributed by atoms with Crippen LogP contribution >= 0.6 is 0 Å². The molecule has 5 heterocycles. The van der Waals surface area contributed by atoms with Gasteiger partial charge < -0.3 is 87.5 Å². The molecule has 4 N–H and O–H groups in total. The topological polar surface area (TPSA) is 260 Å². The number of aliphatic hydroxyl groups excluding tert-OH is 2. The molecule has 5 aliphatic rings. The third kappa shape index (κ3) is 32.8. The van der Waals surface area contributed by atoms with E-state index in [9.17, 15) is 59.9 Å². The van der Waals surface area contributed by atoms with Gasteiger partial charge in [0.05, 0.1) is 47.8 Å². The number of phenols is 2. The van der Waals surface area contributed by atoms with Crippen LogP contribution in [0, 0.1) is 65.6 Å². The highest BCUT2D eigenvalue weighted by atomic mass is 32.2. The number of aryl methyl sites for hydroxylation is 1. The smallest absolute Gasteiger partial charge is 0.208 e. The zero-order valence-corrected chi connectivity index (χ0v) is 82.4. The largest absolute Gasteiger partial charge is 0.747 e. The van der Waals surface area contributed by atoms with Crippen molar-refractivity contribution in [3.8, 4) is 51.7 Å². The van der Waals surface area contributed by atoms with Crippen molar-refractivity contribution in [3.63, 3.8) is 0 Å². The minimum absolute atomic E-state index is 0.0331. The summed E-state index contributed by atoms with van der Waals surface area (Å²) in [6.07, 6.45) is 13.4. The van der Waals surface area contributed by atoms with E-state index in [1.54, 1.807) is 80.9 Å². The van der Waals surface area contributed by atoms with Crippen LogP contribution in [0.5, 0.6) is 51.7 Å². The summed E-state index contributed by atoms with van der Waals surface area (Å²) in [5.74, 6) is 5.43. The molecule has 0 aromatic heterocycles. The SMILES string of the molecule is COc1c(C)cccc1C(C)C1CCN(CCc2ccc(F)cc2)CC1.COc1c(O)cccc1C(C)C1CCN(CCc2ccc(F)cc2)CC1.COc1c(O)cccc1C(O)C1CCN(CCc2ccc(F)cc2)CC1.COc1c(OOS(=O)[O-])cccc1C(C)C1CCN(CCc2ccc(F)cc2)CC1.COc1c(OOS(=O)[O-])cccc1C(O)C1CCN(CCc2ccc(F)cc2)CC1. The van der Waals surface area contributed by atoms with Crippen molar-refractivity contribution >= 4 is 22.7 Å². The van der Waals surface area contributed by atoms with Gasteiger partial charge in [0, 0.05) is 55.0 Å². The molecule has 0 amide bonds. The van der Waals surface area contributed by atoms with Gasteiger partial charge in [-0.2, -0.15) is 0 Å². The average Bonchev–Trinajstić information content (AvgIpc) is 0.828. The van der Waals surface area contributed by atoms with Gasteiger partial charge in [0.1, 0.15) is 57.6 Å². The Kier molecular flexibility index (Phi) is 43.8. The molecule has 0 spiro atoms. The number of nitrogens with zero attached hydrogens (tertiary/aromatic N) is 5. The van der Waals surface area contributed by atoms with Crippen LogP contribution in [0.3, 0.4) is 0 Å². The zero-order chi connectivity index (χ0) is 98.6. The molecule has 0 aliphatic carbocycles. The van der Waals surface area contributed by atoms with Gasteiger partial charge in [0.2, 0.25) is 11.5 Å². The average molecular weight is 1950 g/mol. The summed E-state index contributed by atoms with van der Waals surface area (Å²) >= 11 is -5.60. The standard InChI is InChI=1S/C23H30FNO.C22H28FNO5S.C22H28FNO2.C21H26FNO6S.C21H26FNO3/c1-17-5-4-6-22(23(17)26-3)18(2)20-12-15-25(16-13-20)14-11-19-7-9-21(24)10-8-19;1-16(20-4-3-5-21(22(20)27-2)28-29-30(25)26)18-11-14-24(15-12-18)13-10-17-6-8-19(23)9-7-17;1-16(20-4-3-5-21(25)22(20)26-2)18-11-14-24(15-12-18)13-10-17-6-8-19(23)9-7-17;1-27-21-18(3-2-4-19(21)28-29-30(25)26)20(24)16-10-13-23(14-11-16)12-9-15-5-7-17(22)8-6-15;1-26-21-18(3-2-4-19(21)24)20(25)16-10-13-23(14-11-16)12-9-15-5-7-17(22)8-6-15/h4-10,18,20H,11-16H2,1-3H3;3-9,16,18H,10-15H2,1-2H3,(H,25,26);3-9,16,18,25H,10-15H2,1-2H3;2-8,16,20,24H,9-14H2,1H3,(H,25,26);2-8,16,20,24-25H,9-14H2,1H3/p-2. The molecule has 0 radical (unpaired) electrons. The number of halogens is 5. The first-order valence-electron chi connectivity index (χ1n) is 48.0. The monoisotopic (exact) mass is 1950 g/mol. The summed E-state index contributed by atoms with van der Waals surface area (Å²) in [6.45, 7) is 23.7. The Balaban J connectivity index is 0.000000166. The predicted octanol–water partition coefficient (Wildman–Crippen LogP) is 20.3. The number of methoxy groups -OCH3 is 5. The van der Waals surface area contributed by atoms with E-state index in [4.69, 9.17) is 33.5 Å². The number of aromatic hydroxyl groups is 2. The van der Waals surface area contributed by atoms with Gasteiger partial charge in [-0.1, -0.05) is 157 Å². The van der Waals surface area contributed by atoms with Gasteiger partial charge >= 0.3 is 0 Å². The first kappa shape index (κ1) is 108. The number of likely N-dealkylation sites (tertiary alicyclic amines) is 5. The number of aliphatic hydroxyl groups is 2. The third-order valence-corrected chi connectivity index (χ3v) is 28.5. The molecule has 15 rings (SSSR count). The third-order valence-electron chi connectivity index (χ3n) is 28.1. The Hall–Kier alpha value is -10.1. The number of hydrogen-bond donors (Lipinski definition) is 4. The molecule has 5 saturated heterocycles. The minimum Gasteiger partial charge on any atom is -0.747 e. The molecule has 5 fully saturated rings. The van der Waals surface area contributed by atoms with Crippen molar-refractivity contribution in [1.29, 1.82) is 0 Å². The van der Waals surface area contributed by atoms with Gasteiger partial charge in [-0.15, -0.1) is 0 Å². The number of ether oxygens (including phenoxy) is 5. The van der Waals surface area contributed by atoms with Crippen LogP contribution in [-0.4, -0.2) is 196 Å². The molecule has 0 bridgehead atoms. The van der Waals surface area contributed by atoms with E-state index in [0.29, 0.717) is 58.0 Å². The summed E-state index contributed by atoms with van der Waals surface area (Å²) < 4.78 is 143. The van der Waals surface area contributed by atoms with E-state index < -0.39 is 34.9 Å². The number of para-hydroxylation sites is 5. The van der Waals surface area contributed by atoms with Gasteiger partial charge in [-0.05, 0) is 340 Å². The van der Waals surface area contributed by atoms with Crippen LogP contribution in [-0.2, 0) is 63.5 Å². The van der Waals surface area contributed by atoms with Crippen LogP contribution in [0.4, 0.5) is 22.0 Å². The van der Waals surface area contributed by atoms with Crippen molar-refractivity contribution in [2.75, 3.05) is 134 Å². The molecule has 5 aliphatic heterocycles. The molecule has 29 heteroatoms. The summed E-state index contributed by atoms with van der Waals surface area (Å²) in [7, 11) is 7.85. The molecule has 0 saturated carbocycles. The molecular formula is C109H136F5N5O17S2-2. The fourth-order valence-corrected chi connectivity index (χ4v) is 20.0. The lowest BCUT2D eigenvalue weighted by molar-refractivity contribution is -0.0966. The first-order chi connectivity index (χ1) is 66.7. The van der Waals surface area contributed by atoms with E-state index in [2.05, 4.69) is 85.1 Å². The van der Waals surface area contributed by atoms with Crippen molar-refractivity contribution in [1.82, 2.24) is 24.5 Å². The number of phenolic OH excluding ortho intramolecular Hbond substituents is 2. The Morgan fingerprint density at radius 2 is 0.529 bits per heavy atom. The van der Waals surface area contributed by atoms with E-state index in [1.807, 2.05) is 66.7 Å². The maximum absolute atomic E-state index is 13.0. The fraction of sp³-hybridized carbons (Fsp3) is 0.450. The maximum atomic E-state index is 13.0. The lowest BCUT2D eigenvalue weighted by Crippen LogP contribution is -2.36. The second-order valence-electron chi connectivity index (χ2n) is 36.5. The maximum Gasteiger partial charge on any atom is 0.208 e. The number of hydrogen-bond acceptors (Lipinski definition) is 22. The molecule has 7 unspecified atom stereocenters. The van der Waals surface area contributed by atoms with Gasteiger partial charge in [0.25, 0.3) is 0 Å². The summed E-state index contributed by atoms with van der Waals surface area (Å²) in [5.41, 5.74) is 11.6. The highest BCUT2D eigenvalue weighted by Gasteiger charge is 2.35. The van der Waals surface area contributed by atoms with Crippen LogP contribution < -0.4 is 33.5 Å². The summed E-state index contributed by atoms with van der Waals surface area (Å²) in [4.78, 5) is 21.9. The molecular weight excluding hydrogens is 1810 g/mol. The molecule has 10 aromatic rings. The van der Waals surface area contributed by atoms with Crippen molar-refractivity contribution in [3.05, 3.63) is 303 Å². The van der Waals surface area contributed by atoms with Gasteiger partial charge in [-0.3, -0.25) is 0 Å².